The Morgan fingerprint density at radius 2 is 1.84 bits per heavy atom. The number of methoxy groups -OCH3 is 1. The van der Waals surface area contributed by atoms with Gasteiger partial charge < -0.3 is 14.6 Å². The van der Waals surface area contributed by atoms with Gasteiger partial charge in [-0.3, -0.25) is 4.79 Å². The van der Waals surface area contributed by atoms with Gasteiger partial charge in [-0.1, -0.05) is 23.9 Å². The lowest BCUT2D eigenvalue weighted by atomic mass is 10.1. The van der Waals surface area contributed by atoms with Crippen LogP contribution in [0.1, 0.15) is 11.1 Å². The number of nitrogens with zero attached hydrogens (tertiary/aromatic N) is 4. The maximum atomic E-state index is 12.5. The summed E-state index contributed by atoms with van der Waals surface area (Å²) in [4.78, 5) is 17.0. The standard InChI is InChI=1S/C23H23N5O2S2/c1-14-5-6-17(11-15(14)2)19-12-31-22(24-19)25-20(29)13-32-23-27-26-21(28(23)3)16-7-9-18(30-4)10-8-16/h5-12H,13H2,1-4H3,(H,24,25,29). The lowest BCUT2D eigenvalue weighted by Gasteiger charge is -2.05. The van der Waals surface area contributed by atoms with E-state index >= 15 is 0 Å². The summed E-state index contributed by atoms with van der Waals surface area (Å²) in [5.41, 5.74) is 5.30. The lowest BCUT2D eigenvalue weighted by Crippen LogP contribution is -2.14. The van der Waals surface area contributed by atoms with Gasteiger partial charge in [0.15, 0.2) is 16.1 Å². The van der Waals surface area contributed by atoms with Crippen molar-refractivity contribution in [1.82, 2.24) is 19.7 Å². The van der Waals surface area contributed by atoms with Gasteiger partial charge in [0.2, 0.25) is 5.91 Å². The van der Waals surface area contributed by atoms with Gasteiger partial charge in [-0.25, -0.2) is 4.98 Å². The van der Waals surface area contributed by atoms with Crippen molar-refractivity contribution in [3.8, 4) is 28.4 Å². The van der Waals surface area contributed by atoms with E-state index in [0.29, 0.717) is 10.3 Å². The van der Waals surface area contributed by atoms with Crippen LogP contribution in [0.15, 0.2) is 53.0 Å². The first-order chi connectivity index (χ1) is 15.4. The third kappa shape index (κ3) is 4.84. The fourth-order valence-electron chi connectivity index (χ4n) is 3.08. The topological polar surface area (TPSA) is 81.9 Å². The predicted octanol–water partition coefficient (Wildman–Crippen LogP) is 4.96. The van der Waals surface area contributed by atoms with E-state index in [1.807, 2.05) is 47.3 Å². The first-order valence-corrected chi connectivity index (χ1v) is 11.8. The number of anilines is 1. The summed E-state index contributed by atoms with van der Waals surface area (Å²) < 4.78 is 7.07. The number of nitrogens with one attached hydrogen (secondary N) is 1. The van der Waals surface area contributed by atoms with E-state index in [1.54, 1.807) is 7.11 Å². The van der Waals surface area contributed by atoms with Gasteiger partial charge in [0.25, 0.3) is 0 Å². The van der Waals surface area contributed by atoms with E-state index in [9.17, 15) is 4.79 Å². The van der Waals surface area contributed by atoms with Gasteiger partial charge in [-0.05, 0) is 55.3 Å². The van der Waals surface area contributed by atoms with E-state index < -0.39 is 0 Å². The van der Waals surface area contributed by atoms with Crippen LogP contribution in [-0.2, 0) is 11.8 Å². The van der Waals surface area contributed by atoms with Crippen LogP contribution in [0.25, 0.3) is 22.6 Å². The first kappa shape index (κ1) is 22.0. The third-order valence-electron chi connectivity index (χ3n) is 5.07. The number of carbonyl (C=O) groups is 1. The summed E-state index contributed by atoms with van der Waals surface area (Å²) in [6, 6.07) is 13.9. The largest absolute Gasteiger partial charge is 0.497 e. The molecule has 2 aromatic carbocycles. The number of amides is 1. The molecule has 4 aromatic rings. The normalized spacial score (nSPS) is 10.9. The van der Waals surface area contributed by atoms with Crippen LogP contribution in [0.4, 0.5) is 5.13 Å². The smallest absolute Gasteiger partial charge is 0.236 e. The second-order valence-electron chi connectivity index (χ2n) is 7.27. The van der Waals surface area contributed by atoms with Crippen LogP contribution in [0.2, 0.25) is 0 Å². The number of hydrogen-bond donors (Lipinski definition) is 1. The van der Waals surface area contributed by atoms with Gasteiger partial charge >= 0.3 is 0 Å². The predicted molar refractivity (Wildman–Crippen MR) is 129 cm³/mol. The second kappa shape index (κ2) is 9.54. The number of aromatic nitrogens is 4. The van der Waals surface area contributed by atoms with Crippen molar-refractivity contribution >= 4 is 34.1 Å². The Balaban J connectivity index is 1.37. The van der Waals surface area contributed by atoms with E-state index in [1.165, 1.54) is 34.2 Å². The molecule has 1 amide bonds. The molecule has 2 heterocycles. The molecule has 0 unspecified atom stereocenters. The van der Waals surface area contributed by atoms with Crippen LogP contribution in [0.3, 0.4) is 0 Å². The summed E-state index contributed by atoms with van der Waals surface area (Å²) in [7, 11) is 3.52. The zero-order chi connectivity index (χ0) is 22.7. The number of benzene rings is 2. The summed E-state index contributed by atoms with van der Waals surface area (Å²) in [6.45, 7) is 4.16. The molecule has 9 heteroatoms. The molecule has 0 saturated heterocycles. The van der Waals surface area contributed by atoms with Crippen molar-refractivity contribution in [3.05, 3.63) is 59.0 Å². The minimum Gasteiger partial charge on any atom is -0.497 e. The Kier molecular flexibility index (Phi) is 6.57. The van der Waals surface area contributed by atoms with E-state index in [4.69, 9.17) is 4.74 Å². The lowest BCUT2D eigenvalue weighted by molar-refractivity contribution is -0.113. The molecule has 0 bridgehead atoms. The molecule has 1 N–H and O–H groups in total. The van der Waals surface area contributed by atoms with Crippen LogP contribution < -0.4 is 10.1 Å². The van der Waals surface area contributed by atoms with E-state index in [0.717, 1.165) is 28.4 Å². The average molecular weight is 466 g/mol. The van der Waals surface area contributed by atoms with Crippen molar-refractivity contribution in [2.24, 2.45) is 7.05 Å². The summed E-state index contributed by atoms with van der Waals surface area (Å²) in [5.74, 6) is 1.59. The zero-order valence-electron chi connectivity index (χ0n) is 18.2. The second-order valence-corrected chi connectivity index (χ2v) is 9.07. The Hall–Kier alpha value is -3.17. The van der Waals surface area contributed by atoms with Gasteiger partial charge in [0, 0.05) is 23.6 Å². The Bertz CT molecular complexity index is 1250. The minimum absolute atomic E-state index is 0.134. The zero-order valence-corrected chi connectivity index (χ0v) is 19.9. The number of carbonyl (C=O) groups excluding carboxylic acids is 1. The van der Waals surface area contributed by atoms with Crippen molar-refractivity contribution < 1.29 is 9.53 Å². The monoisotopic (exact) mass is 465 g/mol. The van der Waals surface area contributed by atoms with Gasteiger partial charge in [-0.2, -0.15) is 0 Å². The Morgan fingerprint density at radius 3 is 2.56 bits per heavy atom. The SMILES string of the molecule is COc1ccc(-c2nnc(SCC(=O)Nc3nc(-c4ccc(C)c(C)c4)cs3)n2C)cc1. The molecule has 4 rings (SSSR count). The van der Waals surface area contributed by atoms with Crippen LogP contribution >= 0.6 is 23.1 Å². The highest BCUT2D eigenvalue weighted by molar-refractivity contribution is 7.99. The van der Waals surface area contributed by atoms with Crippen molar-refractivity contribution in [2.45, 2.75) is 19.0 Å². The Morgan fingerprint density at radius 1 is 1.09 bits per heavy atom. The summed E-state index contributed by atoms with van der Waals surface area (Å²) in [6.07, 6.45) is 0. The van der Waals surface area contributed by atoms with Crippen molar-refractivity contribution in [2.75, 3.05) is 18.2 Å². The maximum Gasteiger partial charge on any atom is 0.236 e. The number of thiazole rings is 1. The Labute approximate surface area is 194 Å². The van der Waals surface area contributed by atoms with E-state index in [-0.39, 0.29) is 11.7 Å². The average Bonchev–Trinajstić information content (AvgIpc) is 3.41. The molecular formula is C23H23N5O2S2. The van der Waals surface area contributed by atoms with Crippen molar-refractivity contribution in [3.63, 3.8) is 0 Å². The highest BCUT2D eigenvalue weighted by atomic mass is 32.2. The minimum atomic E-state index is -0.134. The fraction of sp³-hybridized carbons (Fsp3) is 0.217. The number of hydrogen-bond acceptors (Lipinski definition) is 7. The molecule has 0 saturated carbocycles. The molecule has 0 fully saturated rings. The third-order valence-corrected chi connectivity index (χ3v) is 6.85. The van der Waals surface area contributed by atoms with Gasteiger partial charge in [0.05, 0.1) is 18.6 Å². The van der Waals surface area contributed by atoms with Gasteiger partial charge in [0.1, 0.15) is 5.75 Å². The maximum absolute atomic E-state index is 12.5. The van der Waals surface area contributed by atoms with Gasteiger partial charge in [-0.15, -0.1) is 21.5 Å². The molecule has 2 aromatic heterocycles. The van der Waals surface area contributed by atoms with Crippen LogP contribution in [0.5, 0.6) is 5.75 Å². The number of thioether (sulfide) groups is 1. The molecule has 0 atom stereocenters. The molecule has 164 valence electrons. The molecule has 0 aliphatic heterocycles. The van der Waals surface area contributed by atoms with E-state index in [2.05, 4.69) is 46.5 Å². The summed E-state index contributed by atoms with van der Waals surface area (Å²) in [5, 5.41) is 14.6. The molecular weight excluding hydrogens is 442 g/mol. The molecule has 7 nitrogen and oxygen atoms in total. The highest BCUT2D eigenvalue weighted by Gasteiger charge is 2.14. The number of ether oxygens (including phenoxy) is 1. The molecule has 0 radical (unpaired) electrons. The first-order valence-electron chi connectivity index (χ1n) is 9.94. The summed E-state index contributed by atoms with van der Waals surface area (Å²) >= 11 is 2.75. The van der Waals surface area contributed by atoms with Crippen molar-refractivity contribution in [1.29, 1.82) is 0 Å². The molecule has 0 spiro atoms. The molecule has 0 aliphatic carbocycles. The fourth-order valence-corrected chi connectivity index (χ4v) is 4.53. The number of aryl methyl sites for hydroxylation is 2. The molecule has 0 aliphatic rings. The van der Waals surface area contributed by atoms with Crippen LogP contribution in [0, 0.1) is 13.8 Å². The quantitative estimate of drug-likeness (QED) is 0.389. The number of rotatable bonds is 7. The van der Waals surface area contributed by atoms with Crippen LogP contribution in [-0.4, -0.2) is 38.5 Å². The molecule has 32 heavy (non-hydrogen) atoms. The highest BCUT2D eigenvalue weighted by Crippen LogP contribution is 2.27.